The minimum Gasteiger partial charge on any atom is -0.244 e. The standard InChI is InChI=1S/C22H17NS/c1-22(2)18-8-4-3-6-16(18)17-11-10-14(12-19(17)22)15-7-5-9-20-21(15)23-13-24-20/h3-13H,1-2H3. The van der Waals surface area contributed by atoms with Crippen molar-refractivity contribution in [3.8, 4) is 22.3 Å². The first-order valence-electron chi connectivity index (χ1n) is 8.23. The van der Waals surface area contributed by atoms with Crippen molar-refractivity contribution in [1.82, 2.24) is 4.98 Å². The SMILES string of the molecule is CC1(C)c2ccccc2-c2ccc(-c3cccc4scnc34)cc21. The van der Waals surface area contributed by atoms with Crippen LogP contribution in [0.1, 0.15) is 25.0 Å². The fraction of sp³-hybridized carbons (Fsp3) is 0.136. The Morgan fingerprint density at radius 2 is 1.58 bits per heavy atom. The summed E-state index contributed by atoms with van der Waals surface area (Å²) in [7, 11) is 0. The van der Waals surface area contributed by atoms with Crippen molar-refractivity contribution < 1.29 is 0 Å². The summed E-state index contributed by atoms with van der Waals surface area (Å²) < 4.78 is 1.25. The van der Waals surface area contributed by atoms with Crippen LogP contribution >= 0.6 is 11.3 Å². The Morgan fingerprint density at radius 3 is 2.50 bits per heavy atom. The first-order valence-corrected chi connectivity index (χ1v) is 9.11. The van der Waals surface area contributed by atoms with Crippen LogP contribution in [0.5, 0.6) is 0 Å². The third-order valence-electron chi connectivity index (χ3n) is 5.25. The monoisotopic (exact) mass is 327 g/mol. The van der Waals surface area contributed by atoms with E-state index in [1.54, 1.807) is 11.3 Å². The zero-order valence-electron chi connectivity index (χ0n) is 13.7. The van der Waals surface area contributed by atoms with Gasteiger partial charge < -0.3 is 0 Å². The molecule has 1 nitrogen and oxygen atoms in total. The predicted octanol–water partition coefficient (Wildman–Crippen LogP) is 6.27. The third kappa shape index (κ3) is 1.78. The van der Waals surface area contributed by atoms with Gasteiger partial charge in [0.15, 0.2) is 0 Å². The fourth-order valence-electron chi connectivity index (χ4n) is 3.99. The van der Waals surface area contributed by atoms with Crippen molar-refractivity contribution in [2.45, 2.75) is 19.3 Å². The van der Waals surface area contributed by atoms with E-state index in [4.69, 9.17) is 0 Å². The Morgan fingerprint density at radius 1 is 0.792 bits per heavy atom. The van der Waals surface area contributed by atoms with Gasteiger partial charge in [0.05, 0.1) is 15.7 Å². The molecule has 0 fully saturated rings. The zero-order valence-corrected chi connectivity index (χ0v) is 14.5. The van der Waals surface area contributed by atoms with E-state index in [9.17, 15) is 0 Å². The van der Waals surface area contributed by atoms with E-state index in [0.29, 0.717) is 0 Å². The van der Waals surface area contributed by atoms with Crippen LogP contribution in [-0.2, 0) is 5.41 Å². The second-order valence-corrected chi connectivity index (χ2v) is 7.82. The van der Waals surface area contributed by atoms with Gasteiger partial charge in [-0.25, -0.2) is 4.98 Å². The summed E-state index contributed by atoms with van der Waals surface area (Å²) in [6, 6.07) is 22.1. The topological polar surface area (TPSA) is 12.9 Å². The number of hydrogen-bond acceptors (Lipinski definition) is 2. The summed E-state index contributed by atoms with van der Waals surface area (Å²) in [5.74, 6) is 0. The molecule has 0 bridgehead atoms. The van der Waals surface area contributed by atoms with E-state index in [0.717, 1.165) is 5.52 Å². The normalized spacial score (nSPS) is 14.6. The molecular formula is C22H17NS. The lowest BCUT2D eigenvalue weighted by molar-refractivity contribution is 0.660. The van der Waals surface area contributed by atoms with Gasteiger partial charge in [-0.05, 0) is 39.9 Å². The van der Waals surface area contributed by atoms with E-state index in [1.165, 1.54) is 38.1 Å². The molecule has 0 aliphatic heterocycles. The van der Waals surface area contributed by atoms with E-state index in [1.807, 2.05) is 5.51 Å². The lowest BCUT2D eigenvalue weighted by Gasteiger charge is -2.22. The van der Waals surface area contributed by atoms with Crippen LogP contribution in [0.25, 0.3) is 32.5 Å². The Kier molecular flexibility index (Phi) is 2.77. The highest BCUT2D eigenvalue weighted by Crippen LogP contribution is 2.49. The van der Waals surface area contributed by atoms with Crippen LogP contribution in [0.3, 0.4) is 0 Å². The molecule has 2 heteroatoms. The highest BCUT2D eigenvalue weighted by Gasteiger charge is 2.35. The van der Waals surface area contributed by atoms with Gasteiger partial charge in [-0.15, -0.1) is 11.3 Å². The Hall–Kier alpha value is -2.45. The Bertz CT molecular complexity index is 1090. The van der Waals surface area contributed by atoms with Gasteiger partial charge in [0.25, 0.3) is 0 Å². The minimum absolute atomic E-state index is 0.0396. The molecule has 5 rings (SSSR count). The second-order valence-electron chi connectivity index (χ2n) is 6.94. The largest absolute Gasteiger partial charge is 0.244 e. The van der Waals surface area contributed by atoms with Crippen molar-refractivity contribution >= 4 is 21.6 Å². The molecule has 0 N–H and O–H groups in total. The van der Waals surface area contributed by atoms with Crippen molar-refractivity contribution in [3.05, 3.63) is 77.3 Å². The van der Waals surface area contributed by atoms with Crippen LogP contribution in [-0.4, -0.2) is 4.98 Å². The molecule has 24 heavy (non-hydrogen) atoms. The van der Waals surface area contributed by atoms with Gasteiger partial charge in [-0.2, -0.15) is 0 Å². The lowest BCUT2D eigenvalue weighted by atomic mass is 9.81. The molecular weight excluding hydrogens is 310 g/mol. The number of benzene rings is 3. The van der Waals surface area contributed by atoms with Crippen LogP contribution in [0, 0.1) is 0 Å². The predicted molar refractivity (Wildman–Crippen MR) is 103 cm³/mol. The maximum absolute atomic E-state index is 4.58. The molecule has 1 aliphatic rings. The Balaban J connectivity index is 1.76. The van der Waals surface area contributed by atoms with Gasteiger partial charge in [0.1, 0.15) is 0 Å². The number of nitrogens with zero attached hydrogens (tertiary/aromatic N) is 1. The molecule has 0 unspecified atom stereocenters. The van der Waals surface area contributed by atoms with E-state index < -0.39 is 0 Å². The van der Waals surface area contributed by atoms with Gasteiger partial charge in [0.2, 0.25) is 0 Å². The average molecular weight is 327 g/mol. The average Bonchev–Trinajstić information content (AvgIpc) is 3.17. The highest BCUT2D eigenvalue weighted by atomic mass is 32.1. The summed E-state index contributed by atoms with van der Waals surface area (Å²) >= 11 is 1.70. The molecule has 0 atom stereocenters. The molecule has 1 heterocycles. The van der Waals surface area contributed by atoms with Crippen molar-refractivity contribution in [2.24, 2.45) is 0 Å². The molecule has 0 amide bonds. The number of rotatable bonds is 1. The van der Waals surface area contributed by atoms with Crippen LogP contribution in [0.15, 0.2) is 66.2 Å². The summed E-state index contributed by atoms with van der Waals surface area (Å²) in [6.07, 6.45) is 0. The van der Waals surface area contributed by atoms with Gasteiger partial charge in [-0.3, -0.25) is 0 Å². The first kappa shape index (κ1) is 13.9. The summed E-state index contributed by atoms with van der Waals surface area (Å²) in [4.78, 5) is 4.58. The molecule has 1 aliphatic carbocycles. The summed E-state index contributed by atoms with van der Waals surface area (Å²) in [6.45, 7) is 4.65. The quantitative estimate of drug-likeness (QED) is 0.401. The zero-order chi connectivity index (χ0) is 16.3. The summed E-state index contributed by atoms with van der Waals surface area (Å²) in [5, 5.41) is 0. The maximum Gasteiger partial charge on any atom is 0.0890 e. The number of aromatic nitrogens is 1. The van der Waals surface area contributed by atoms with E-state index in [-0.39, 0.29) is 5.41 Å². The van der Waals surface area contributed by atoms with Gasteiger partial charge in [0, 0.05) is 11.0 Å². The maximum atomic E-state index is 4.58. The van der Waals surface area contributed by atoms with Crippen LogP contribution in [0.4, 0.5) is 0 Å². The van der Waals surface area contributed by atoms with Crippen LogP contribution in [0.2, 0.25) is 0 Å². The number of thiazole rings is 1. The first-order chi connectivity index (χ1) is 11.7. The lowest BCUT2D eigenvalue weighted by Crippen LogP contribution is -2.14. The molecule has 4 aromatic rings. The highest BCUT2D eigenvalue weighted by molar-refractivity contribution is 7.16. The molecule has 0 saturated carbocycles. The minimum atomic E-state index is 0.0396. The summed E-state index contributed by atoms with van der Waals surface area (Å²) in [5.41, 5.74) is 11.1. The fourth-order valence-corrected chi connectivity index (χ4v) is 4.69. The molecule has 0 spiro atoms. The van der Waals surface area contributed by atoms with Crippen LogP contribution < -0.4 is 0 Å². The van der Waals surface area contributed by atoms with Crippen molar-refractivity contribution in [3.63, 3.8) is 0 Å². The van der Waals surface area contributed by atoms with Gasteiger partial charge in [-0.1, -0.05) is 62.4 Å². The van der Waals surface area contributed by atoms with Gasteiger partial charge >= 0.3 is 0 Å². The third-order valence-corrected chi connectivity index (χ3v) is 6.05. The number of fused-ring (bicyclic) bond motifs is 4. The molecule has 116 valence electrons. The second kappa shape index (κ2) is 4.78. The smallest absolute Gasteiger partial charge is 0.0890 e. The molecule has 1 aromatic heterocycles. The molecule has 0 saturated heterocycles. The number of hydrogen-bond donors (Lipinski definition) is 0. The van der Waals surface area contributed by atoms with Crippen molar-refractivity contribution in [2.75, 3.05) is 0 Å². The van der Waals surface area contributed by atoms with E-state index in [2.05, 4.69) is 79.5 Å². The van der Waals surface area contributed by atoms with E-state index >= 15 is 0 Å². The molecule has 3 aromatic carbocycles. The van der Waals surface area contributed by atoms with Crippen molar-refractivity contribution in [1.29, 1.82) is 0 Å². The Labute approximate surface area is 145 Å². The molecule has 0 radical (unpaired) electrons. The number of para-hydroxylation sites is 1.